The van der Waals surface area contributed by atoms with Gasteiger partial charge in [0.2, 0.25) is 0 Å². The van der Waals surface area contributed by atoms with Crippen LogP contribution in [0.15, 0.2) is 192 Å². The van der Waals surface area contributed by atoms with Crippen molar-refractivity contribution in [1.82, 2.24) is 8.80 Å². The first-order valence-electron chi connectivity index (χ1n) is 19.2. The van der Waals surface area contributed by atoms with Crippen LogP contribution in [0.4, 0.5) is 17.1 Å². The molecule has 260 valence electrons. The first-order chi connectivity index (χ1) is 27.8. The molecule has 4 heterocycles. The van der Waals surface area contributed by atoms with E-state index in [9.17, 15) is 0 Å². The van der Waals surface area contributed by atoms with Crippen molar-refractivity contribution >= 4 is 104 Å². The molecule has 0 radical (unpaired) electrons. The van der Waals surface area contributed by atoms with Crippen LogP contribution in [0.2, 0.25) is 0 Å². The third kappa shape index (κ3) is 3.97. The van der Waals surface area contributed by atoms with E-state index in [0.717, 1.165) is 44.6 Å². The molecule has 0 aliphatic carbocycles. The Kier molecular flexibility index (Phi) is 5.86. The number of benzene rings is 9. The topological polar surface area (TPSA) is 25.2 Å². The summed E-state index contributed by atoms with van der Waals surface area (Å²) in [5.41, 5.74) is 14.7. The van der Waals surface area contributed by atoms with Crippen LogP contribution in [0, 0.1) is 0 Å². The highest BCUT2D eigenvalue weighted by Crippen LogP contribution is 2.44. The number of para-hydroxylation sites is 3. The zero-order valence-corrected chi connectivity index (χ0v) is 30.1. The van der Waals surface area contributed by atoms with E-state index in [0.29, 0.717) is 0 Å². The molecule has 0 bridgehead atoms. The van der Waals surface area contributed by atoms with E-state index in [1.165, 1.54) is 71.0 Å². The van der Waals surface area contributed by atoms with Gasteiger partial charge in [0.1, 0.15) is 11.2 Å². The summed E-state index contributed by atoms with van der Waals surface area (Å²) >= 11 is 0. The highest BCUT2D eigenvalue weighted by Gasteiger charge is 2.22. The van der Waals surface area contributed by atoms with Crippen LogP contribution in [0.3, 0.4) is 0 Å². The molecule has 0 saturated heterocycles. The van der Waals surface area contributed by atoms with Crippen molar-refractivity contribution in [3.8, 4) is 11.1 Å². The van der Waals surface area contributed by atoms with Crippen molar-refractivity contribution < 1.29 is 4.42 Å². The van der Waals surface area contributed by atoms with Gasteiger partial charge in [-0.05, 0) is 77.2 Å². The molecule has 0 saturated carbocycles. The van der Waals surface area contributed by atoms with Crippen molar-refractivity contribution in [2.24, 2.45) is 0 Å². The fourth-order valence-corrected chi connectivity index (χ4v) is 9.56. The predicted molar refractivity (Wildman–Crippen MR) is 234 cm³/mol. The summed E-state index contributed by atoms with van der Waals surface area (Å²) in [6.45, 7) is 0. The second-order valence-corrected chi connectivity index (χ2v) is 14.9. The summed E-state index contributed by atoms with van der Waals surface area (Å²) in [6, 6.07) is 68.3. The molecule has 4 aromatic heterocycles. The van der Waals surface area contributed by atoms with E-state index in [4.69, 9.17) is 4.42 Å². The predicted octanol–water partition coefficient (Wildman–Crippen LogP) is 14.4. The van der Waals surface area contributed by atoms with Gasteiger partial charge in [-0.2, -0.15) is 0 Å². The van der Waals surface area contributed by atoms with Crippen molar-refractivity contribution in [1.29, 1.82) is 0 Å². The molecule has 13 aromatic rings. The molecular weight excluding hydrogens is 683 g/mol. The summed E-state index contributed by atoms with van der Waals surface area (Å²) in [4.78, 5) is 2.35. The van der Waals surface area contributed by atoms with Gasteiger partial charge in [-0.25, -0.2) is 0 Å². The number of aromatic nitrogens is 2. The Balaban J connectivity index is 1.01. The third-order valence-corrected chi connectivity index (χ3v) is 12.0. The van der Waals surface area contributed by atoms with Gasteiger partial charge in [-0.15, -0.1) is 0 Å². The van der Waals surface area contributed by atoms with E-state index in [1.807, 2.05) is 12.1 Å². The summed E-state index contributed by atoms with van der Waals surface area (Å²) in [5.74, 6) is 0. The number of nitrogens with zero attached hydrogens (tertiary/aromatic N) is 3. The van der Waals surface area contributed by atoms with Crippen LogP contribution in [0.5, 0.6) is 0 Å². The minimum absolute atomic E-state index is 0.876. The number of hydrogen-bond acceptors (Lipinski definition) is 2. The Bertz CT molecular complexity index is 3710. The van der Waals surface area contributed by atoms with Crippen LogP contribution >= 0.6 is 0 Å². The SMILES string of the molecule is c1ccc2c(N(c3ccc(-c4ccc5c(c4)n4c6ccccc6c6ccc7c8ccccc8n5c7c64)cc3)c3ccc4c(c3)oc3ccccc34)cccc2c1. The van der Waals surface area contributed by atoms with Crippen molar-refractivity contribution in [3.05, 3.63) is 188 Å². The molecule has 0 fully saturated rings. The second kappa shape index (κ2) is 11.0. The molecule has 9 aromatic carbocycles. The lowest BCUT2D eigenvalue weighted by molar-refractivity contribution is 0.669. The molecule has 4 heteroatoms. The largest absolute Gasteiger partial charge is 0.456 e. The summed E-state index contributed by atoms with van der Waals surface area (Å²) in [6.07, 6.45) is 0. The molecule has 0 amide bonds. The maximum atomic E-state index is 6.39. The normalized spacial score (nSPS) is 12.3. The van der Waals surface area contributed by atoms with E-state index in [-0.39, 0.29) is 0 Å². The lowest BCUT2D eigenvalue weighted by Crippen LogP contribution is -2.10. The van der Waals surface area contributed by atoms with Gasteiger partial charge in [-0.1, -0.05) is 121 Å². The zero-order chi connectivity index (χ0) is 36.5. The average molecular weight is 714 g/mol. The highest BCUT2D eigenvalue weighted by atomic mass is 16.3. The van der Waals surface area contributed by atoms with Crippen LogP contribution in [0.1, 0.15) is 0 Å². The van der Waals surface area contributed by atoms with Gasteiger partial charge >= 0.3 is 0 Å². The van der Waals surface area contributed by atoms with Gasteiger partial charge < -0.3 is 18.1 Å². The molecule has 0 N–H and O–H groups in total. The Morgan fingerprint density at radius 2 is 0.911 bits per heavy atom. The fraction of sp³-hybridized carbons (Fsp3) is 0. The Morgan fingerprint density at radius 3 is 1.68 bits per heavy atom. The van der Waals surface area contributed by atoms with Crippen molar-refractivity contribution in [2.75, 3.05) is 4.90 Å². The van der Waals surface area contributed by atoms with Gasteiger partial charge in [0.05, 0.1) is 38.8 Å². The molecule has 0 atom stereocenters. The van der Waals surface area contributed by atoms with Gasteiger partial charge in [0.15, 0.2) is 0 Å². The number of fused-ring (bicyclic) bond motifs is 13. The Labute approximate surface area is 320 Å². The maximum Gasteiger partial charge on any atom is 0.137 e. The van der Waals surface area contributed by atoms with Crippen LogP contribution in [0.25, 0.3) is 98.5 Å². The number of rotatable bonds is 4. The molecular formula is C52H31N3O. The van der Waals surface area contributed by atoms with Crippen molar-refractivity contribution in [2.45, 2.75) is 0 Å². The smallest absolute Gasteiger partial charge is 0.137 e. The Hall–Kier alpha value is -7.56. The van der Waals surface area contributed by atoms with E-state index in [2.05, 4.69) is 190 Å². The van der Waals surface area contributed by atoms with Gasteiger partial charge in [0, 0.05) is 55.1 Å². The average Bonchev–Trinajstić information content (AvgIpc) is 3.92. The van der Waals surface area contributed by atoms with Crippen LogP contribution in [-0.2, 0) is 0 Å². The number of hydrogen-bond donors (Lipinski definition) is 0. The zero-order valence-electron chi connectivity index (χ0n) is 30.1. The highest BCUT2D eigenvalue weighted by molar-refractivity contribution is 6.25. The standard InChI is InChI=1S/C52H31N3O/c1-2-12-37-33(10-1)11-9-18-44(37)53(36-25-26-41-40-15-5-8-19-49(40)56-50(41)31-36)35-23-20-32(21-24-35)34-22-29-47-48(30-34)55-46-17-7-4-14-39(46)43-28-27-42-38-13-3-6-16-45(38)54(47)51(42)52(43)55/h1-31H. The van der Waals surface area contributed by atoms with Crippen LogP contribution in [-0.4, -0.2) is 8.80 Å². The van der Waals surface area contributed by atoms with Gasteiger partial charge in [-0.3, -0.25) is 0 Å². The first-order valence-corrected chi connectivity index (χ1v) is 19.2. The molecule has 0 spiro atoms. The summed E-state index contributed by atoms with van der Waals surface area (Å²) in [5, 5.41) is 9.77. The molecule has 56 heavy (non-hydrogen) atoms. The fourth-order valence-electron chi connectivity index (χ4n) is 9.56. The number of anilines is 3. The summed E-state index contributed by atoms with van der Waals surface area (Å²) in [7, 11) is 0. The lowest BCUT2D eigenvalue weighted by atomic mass is 10.0. The molecule has 13 rings (SSSR count). The maximum absolute atomic E-state index is 6.39. The van der Waals surface area contributed by atoms with Crippen molar-refractivity contribution in [3.63, 3.8) is 0 Å². The summed E-state index contributed by atoms with van der Waals surface area (Å²) < 4.78 is 11.4. The number of furan rings is 1. The Morgan fingerprint density at radius 1 is 0.339 bits per heavy atom. The van der Waals surface area contributed by atoms with Gasteiger partial charge in [0.25, 0.3) is 0 Å². The third-order valence-electron chi connectivity index (χ3n) is 12.0. The van der Waals surface area contributed by atoms with E-state index >= 15 is 0 Å². The molecule has 0 aliphatic rings. The van der Waals surface area contributed by atoms with E-state index in [1.54, 1.807) is 0 Å². The molecule has 0 unspecified atom stereocenters. The minimum Gasteiger partial charge on any atom is -0.456 e. The second-order valence-electron chi connectivity index (χ2n) is 14.9. The van der Waals surface area contributed by atoms with E-state index < -0.39 is 0 Å². The molecule has 0 aliphatic heterocycles. The van der Waals surface area contributed by atoms with Crippen LogP contribution < -0.4 is 4.90 Å². The quantitative estimate of drug-likeness (QED) is 0.170. The lowest BCUT2D eigenvalue weighted by Gasteiger charge is -2.27. The monoisotopic (exact) mass is 713 g/mol. The molecule has 4 nitrogen and oxygen atoms in total. The minimum atomic E-state index is 0.876. The first kappa shape index (κ1) is 29.8.